The minimum absolute atomic E-state index is 0.108. The van der Waals surface area contributed by atoms with Crippen LogP contribution in [-0.2, 0) is 55.1 Å². The summed E-state index contributed by atoms with van der Waals surface area (Å²) in [6, 6.07) is 0. The number of halogens is 2. The van der Waals surface area contributed by atoms with Gasteiger partial charge in [0, 0.05) is 28.7 Å². The van der Waals surface area contributed by atoms with Crippen LogP contribution in [0.1, 0.15) is 27.6 Å². The van der Waals surface area contributed by atoms with Crippen molar-refractivity contribution in [1.82, 2.24) is 14.9 Å². The van der Waals surface area contributed by atoms with Crippen LogP contribution in [0.5, 0.6) is 0 Å². The summed E-state index contributed by atoms with van der Waals surface area (Å²) < 4.78 is 43.5. The third-order valence-electron chi connectivity index (χ3n) is 5.72. The zero-order valence-corrected chi connectivity index (χ0v) is 27.6. The van der Waals surface area contributed by atoms with Crippen LogP contribution < -0.4 is 0 Å². The van der Waals surface area contributed by atoms with Crippen molar-refractivity contribution < 1.29 is 42.7 Å². The Morgan fingerprint density at radius 1 is 0.651 bits per heavy atom. The van der Waals surface area contributed by atoms with Crippen molar-refractivity contribution in [1.29, 1.82) is 0 Å². The molecule has 0 radical (unpaired) electrons. The highest BCUT2D eigenvalue weighted by Crippen LogP contribution is 2.22. The van der Waals surface area contributed by atoms with Crippen LogP contribution in [0.25, 0.3) is 10.4 Å². The SMILES string of the molecule is [N-]=[N+]=NCCOCCOCCOCCOCCOCCOCCOCCOCCN1Cc2nc(CBr)c(CBr)nc2C1=O. The third kappa shape index (κ3) is 17.0. The van der Waals surface area contributed by atoms with Gasteiger partial charge in [0.2, 0.25) is 0 Å². The summed E-state index contributed by atoms with van der Waals surface area (Å²) in [4.78, 5) is 26.0. The molecule has 0 atom stereocenters. The lowest BCUT2D eigenvalue weighted by molar-refractivity contribution is -0.0232. The lowest BCUT2D eigenvalue weighted by atomic mass is 10.3. The Hall–Kier alpha value is -1.50. The Balaban J connectivity index is 1.27. The van der Waals surface area contributed by atoms with Crippen molar-refractivity contribution in [2.75, 3.05) is 119 Å². The van der Waals surface area contributed by atoms with Gasteiger partial charge in [0.05, 0.1) is 129 Å². The molecule has 0 fully saturated rings. The number of nitrogens with zero attached hydrogens (tertiary/aromatic N) is 6. The van der Waals surface area contributed by atoms with Crippen molar-refractivity contribution in [3.63, 3.8) is 0 Å². The fourth-order valence-corrected chi connectivity index (χ4v) is 4.49. The van der Waals surface area contributed by atoms with E-state index in [1.807, 2.05) is 0 Å². The molecule has 1 aliphatic heterocycles. The molecule has 2 rings (SSSR count). The van der Waals surface area contributed by atoms with E-state index in [2.05, 4.69) is 51.9 Å². The second-order valence-corrected chi connectivity index (χ2v) is 9.88. The fraction of sp³-hybridized carbons (Fsp3) is 0.808. The molecule has 1 aliphatic rings. The number of carbonyl (C=O) groups excluding carboxylic acids is 1. The van der Waals surface area contributed by atoms with Gasteiger partial charge in [-0.15, -0.1) is 0 Å². The molecule has 17 heteroatoms. The predicted octanol–water partition coefficient (Wildman–Crippen LogP) is 2.67. The standard InChI is InChI=1S/C26H42Br2N6O9/c27-19-22-23(20-28)32-25-24(31-22)21-34(26(25)35)2-4-37-6-8-39-10-12-41-14-16-43-18-17-42-15-13-40-11-9-38-7-5-36-3-1-30-33-29/h1-21H2. The zero-order valence-electron chi connectivity index (χ0n) is 24.5. The Morgan fingerprint density at radius 2 is 1.05 bits per heavy atom. The third-order valence-corrected chi connectivity index (χ3v) is 6.78. The smallest absolute Gasteiger partial charge is 0.274 e. The van der Waals surface area contributed by atoms with Gasteiger partial charge in [0.25, 0.3) is 5.91 Å². The Labute approximate surface area is 269 Å². The average molecular weight is 742 g/mol. The van der Waals surface area contributed by atoms with E-state index in [4.69, 9.17) is 43.4 Å². The van der Waals surface area contributed by atoms with E-state index < -0.39 is 0 Å². The molecule has 0 spiro atoms. The van der Waals surface area contributed by atoms with Crippen molar-refractivity contribution in [3.8, 4) is 0 Å². The van der Waals surface area contributed by atoms with Crippen LogP contribution in [0.4, 0.5) is 0 Å². The molecule has 1 aromatic rings. The number of aromatic nitrogens is 2. The second-order valence-electron chi connectivity index (χ2n) is 8.76. The molecule has 1 aromatic heterocycles. The van der Waals surface area contributed by atoms with Crippen molar-refractivity contribution in [2.24, 2.45) is 5.11 Å². The van der Waals surface area contributed by atoms with Gasteiger partial charge in [-0.3, -0.25) is 9.78 Å². The molecular formula is C26H42Br2N6O9. The highest BCUT2D eigenvalue weighted by atomic mass is 79.9. The summed E-state index contributed by atoms with van der Waals surface area (Å²) in [5.74, 6) is -0.108. The summed E-state index contributed by atoms with van der Waals surface area (Å²) >= 11 is 6.82. The molecular weight excluding hydrogens is 700 g/mol. The summed E-state index contributed by atoms with van der Waals surface area (Å²) in [5, 5.41) is 4.52. The van der Waals surface area contributed by atoms with Gasteiger partial charge in [-0.05, 0) is 5.53 Å². The molecule has 244 valence electrons. The van der Waals surface area contributed by atoms with E-state index in [9.17, 15) is 4.79 Å². The van der Waals surface area contributed by atoms with Crippen molar-refractivity contribution in [3.05, 3.63) is 33.2 Å². The summed E-state index contributed by atoms with van der Waals surface area (Å²) in [6.07, 6.45) is 0. The van der Waals surface area contributed by atoms with Gasteiger partial charge in [-0.25, -0.2) is 4.98 Å². The van der Waals surface area contributed by atoms with Crippen LogP contribution >= 0.6 is 31.9 Å². The van der Waals surface area contributed by atoms with E-state index in [1.54, 1.807) is 4.90 Å². The summed E-state index contributed by atoms with van der Waals surface area (Å²) in [7, 11) is 0. The zero-order chi connectivity index (χ0) is 30.8. The molecule has 0 N–H and O–H groups in total. The second kappa shape index (κ2) is 25.8. The normalized spacial score (nSPS) is 12.6. The number of hydrogen-bond acceptors (Lipinski definition) is 12. The first-order valence-electron chi connectivity index (χ1n) is 14.1. The number of ether oxygens (including phenoxy) is 8. The van der Waals surface area contributed by atoms with Gasteiger partial charge in [0.15, 0.2) is 5.69 Å². The number of amides is 1. The van der Waals surface area contributed by atoms with Gasteiger partial charge in [0.1, 0.15) is 0 Å². The topological polar surface area (TPSA) is 169 Å². The minimum atomic E-state index is -0.108. The minimum Gasteiger partial charge on any atom is -0.379 e. The van der Waals surface area contributed by atoms with Crippen LogP contribution in [-0.4, -0.2) is 140 Å². The Morgan fingerprint density at radius 3 is 1.47 bits per heavy atom. The number of rotatable bonds is 29. The van der Waals surface area contributed by atoms with Gasteiger partial charge >= 0.3 is 0 Å². The number of hydrogen-bond donors (Lipinski definition) is 0. The lowest BCUT2D eigenvalue weighted by Gasteiger charge is -2.14. The predicted molar refractivity (Wildman–Crippen MR) is 163 cm³/mol. The summed E-state index contributed by atoms with van der Waals surface area (Å²) in [6.45, 7) is 8.66. The highest BCUT2D eigenvalue weighted by Gasteiger charge is 2.31. The molecule has 0 saturated heterocycles. The maximum atomic E-state index is 12.6. The first-order valence-corrected chi connectivity index (χ1v) is 16.4. The highest BCUT2D eigenvalue weighted by molar-refractivity contribution is 9.09. The molecule has 43 heavy (non-hydrogen) atoms. The number of carbonyl (C=O) groups is 1. The molecule has 1 amide bonds. The molecule has 0 saturated carbocycles. The lowest BCUT2D eigenvalue weighted by Crippen LogP contribution is -2.28. The number of azide groups is 1. The first kappa shape index (κ1) is 37.7. The van der Waals surface area contributed by atoms with Crippen molar-refractivity contribution in [2.45, 2.75) is 17.2 Å². The molecule has 0 bridgehead atoms. The Kier molecular flexibility index (Phi) is 22.6. The maximum Gasteiger partial charge on any atom is 0.274 e. The van der Waals surface area contributed by atoms with E-state index in [0.717, 1.165) is 11.4 Å². The molecule has 0 aliphatic carbocycles. The van der Waals surface area contributed by atoms with E-state index >= 15 is 0 Å². The Bertz CT molecular complexity index is 947. The average Bonchev–Trinajstić information content (AvgIpc) is 3.33. The number of alkyl halides is 2. The molecule has 0 aromatic carbocycles. The van der Waals surface area contributed by atoms with Crippen LogP contribution in [0.3, 0.4) is 0 Å². The molecule has 15 nitrogen and oxygen atoms in total. The van der Waals surface area contributed by atoms with E-state index in [0.29, 0.717) is 147 Å². The van der Waals surface area contributed by atoms with Crippen LogP contribution in [0.15, 0.2) is 5.11 Å². The maximum absolute atomic E-state index is 12.6. The largest absolute Gasteiger partial charge is 0.379 e. The summed E-state index contributed by atoms with van der Waals surface area (Å²) in [5.41, 5.74) is 10.9. The van der Waals surface area contributed by atoms with Gasteiger partial charge in [-0.1, -0.05) is 37.0 Å². The monoisotopic (exact) mass is 740 g/mol. The van der Waals surface area contributed by atoms with Gasteiger partial charge in [-0.2, -0.15) is 0 Å². The van der Waals surface area contributed by atoms with E-state index in [-0.39, 0.29) is 5.91 Å². The number of fused-ring (bicyclic) bond motifs is 1. The molecule has 0 unspecified atom stereocenters. The first-order chi connectivity index (χ1) is 21.2. The van der Waals surface area contributed by atoms with E-state index in [1.165, 1.54) is 0 Å². The fourth-order valence-electron chi connectivity index (χ4n) is 3.59. The van der Waals surface area contributed by atoms with Crippen LogP contribution in [0.2, 0.25) is 0 Å². The van der Waals surface area contributed by atoms with Gasteiger partial charge < -0.3 is 42.8 Å². The van der Waals surface area contributed by atoms with Crippen LogP contribution in [0, 0.1) is 0 Å². The van der Waals surface area contributed by atoms with Crippen molar-refractivity contribution >= 4 is 37.8 Å². The quantitative estimate of drug-likeness (QED) is 0.0389. The molecule has 2 heterocycles.